The van der Waals surface area contributed by atoms with Crippen LogP contribution in [0.2, 0.25) is 0 Å². The van der Waals surface area contributed by atoms with Crippen LogP contribution in [0.1, 0.15) is 18.8 Å². The first-order valence-corrected chi connectivity index (χ1v) is 5.44. The number of aromatic nitrogens is 1. The van der Waals surface area contributed by atoms with Crippen molar-refractivity contribution in [3.8, 4) is 0 Å². The summed E-state index contributed by atoms with van der Waals surface area (Å²) in [5.41, 5.74) is 1.09. The molecule has 2 atom stereocenters. The Morgan fingerprint density at radius 3 is 2.83 bits per heavy atom. The van der Waals surface area contributed by atoms with E-state index >= 15 is 0 Å². The summed E-state index contributed by atoms with van der Waals surface area (Å²) in [7, 11) is 0. The molecule has 0 fully saturated rings. The summed E-state index contributed by atoms with van der Waals surface area (Å²) in [5, 5.41) is 0. The van der Waals surface area contributed by atoms with Crippen molar-refractivity contribution in [2.75, 3.05) is 0 Å². The molecule has 0 N–H and O–H groups in total. The van der Waals surface area contributed by atoms with Gasteiger partial charge in [0.1, 0.15) is 0 Å². The van der Waals surface area contributed by atoms with Gasteiger partial charge in [-0.2, -0.15) is 0 Å². The van der Waals surface area contributed by atoms with Crippen LogP contribution in [0.4, 0.5) is 4.39 Å². The maximum absolute atomic E-state index is 14.3. The van der Waals surface area contributed by atoms with Crippen molar-refractivity contribution < 1.29 is 18.7 Å². The number of fused-ring (bicyclic) bond motifs is 1. The van der Waals surface area contributed by atoms with Gasteiger partial charge in [-0.25, -0.2) is 4.39 Å². The van der Waals surface area contributed by atoms with Gasteiger partial charge in [0.05, 0.1) is 5.69 Å². The molecule has 4 nitrogen and oxygen atoms in total. The van der Waals surface area contributed by atoms with Gasteiger partial charge < -0.3 is 9.14 Å². The molecular formula is C13H12FNO3. The largest absolute Gasteiger partial charge is 0.453 e. The number of carbonyl (C=O) groups is 2. The van der Waals surface area contributed by atoms with E-state index in [-0.39, 0.29) is 12.2 Å². The number of nitrogens with zero attached hydrogens (tertiary/aromatic N) is 1. The predicted molar refractivity (Wildman–Crippen MR) is 62.9 cm³/mol. The van der Waals surface area contributed by atoms with E-state index in [1.165, 1.54) is 6.92 Å². The normalized spacial score (nSPS) is 14.1. The van der Waals surface area contributed by atoms with Crippen LogP contribution in [0.3, 0.4) is 0 Å². The van der Waals surface area contributed by atoms with E-state index in [2.05, 4.69) is 4.74 Å². The van der Waals surface area contributed by atoms with Crippen LogP contribution in [-0.2, 0) is 14.3 Å². The zero-order valence-electron chi connectivity index (χ0n) is 9.75. The standard InChI is InChI=1S/C13H12FNO3/c1-9(17)13(18-8-16)12(14)11-6-5-10-4-2-3-7-15(10)11/h2-8,12-13H,1H3. The molecule has 0 aliphatic carbocycles. The van der Waals surface area contributed by atoms with Crippen molar-refractivity contribution in [2.24, 2.45) is 0 Å². The zero-order valence-corrected chi connectivity index (χ0v) is 9.75. The van der Waals surface area contributed by atoms with Crippen molar-refractivity contribution in [1.82, 2.24) is 4.40 Å². The highest BCUT2D eigenvalue weighted by Crippen LogP contribution is 2.26. The molecule has 0 amide bonds. The first-order chi connectivity index (χ1) is 8.65. The topological polar surface area (TPSA) is 47.8 Å². The molecule has 0 saturated heterocycles. The van der Waals surface area contributed by atoms with Gasteiger partial charge in [-0.3, -0.25) is 9.59 Å². The van der Waals surface area contributed by atoms with Crippen LogP contribution < -0.4 is 0 Å². The third kappa shape index (κ3) is 2.11. The number of ketones is 1. The molecule has 0 aromatic carbocycles. The van der Waals surface area contributed by atoms with E-state index in [4.69, 9.17) is 0 Å². The highest BCUT2D eigenvalue weighted by atomic mass is 19.1. The second kappa shape index (κ2) is 5.00. The Labute approximate surface area is 103 Å². The van der Waals surface area contributed by atoms with E-state index < -0.39 is 18.1 Å². The highest BCUT2D eigenvalue weighted by Gasteiger charge is 2.30. The van der Waals surface area contributed by atoms with Crippen molar-refractivity contribution in [1.29, 1.82) is 0 Å². The summed E-state index contributed by atoms with van der Waals surface area (Å²) in [5.74, 6) is -0.527. The van der Waals surface area contributed by atoms with E-state index in [9.17, 15) is 14.0 Å². The summed E-state index contributed by atoms with van der Waals surface area (Å²) in [6, 6.07) is 8.72. The third-order valence-corrected chi connectivity index (χ3v) is 2.75. The number of halogens is 1. The van der Waals surface area contributed by atoms with Crippen molar-refractivity contribution in [2.45, 2.75) is 19.2 Å². The second-order valence-corrected chi connectivity index (χ2v) is 3.92. The number of carbonyl (C=O) groups excluding carboxylic acids is 2. The molecule has 0 saturated carbocycles. The predicted octanol–water partition coefficient (Wildman–Crippen LogP) is 2.08. The highest BCUT2D eigenvalue weighted by molar-refractivity contribution is 5.82. The molecular weight excluding hydrogens is 237 g/mol. The van der Waals surface area contributed by atoms with Gasteiger partial charge >= 0.3 is 0 Å². The van der Waals surface area contributed by atoms with Crippen LogP contribution in [0.25, 0.3) is 5.52 Å². The van der Waals surface area contributed by atoms with Gasteiger partial charge in [-0.1, -0.05) is 6.07 Å². The third-order valence-electron chi connectivity index (χ3n) is 2.75. The Morgan fingerprint density at radius 2 is 2.17 bits per heavy atom. The molecule has 0 aliphatic heterocycles. The van der Waals surface area contributed by atoms with Crippen LogP contribution >= 0.6 is 0 Å². The number of ether oxygens (including phenoxy) is 1. The van der Waals surface area contributed by atoms with Crippen molar-refractivity contribution in [3.05, 3.63) is 42.2 Å². The van der Waals surface area contributed by atoms with Crippen LogP contribution in [0.15, 0.2) is 36.5 Å². The smallest absolute Gasteiger partial charge is 0.293 e. The lowest BCUT2D eigenvalue weighted by Gasteiger charge is -2.16. The Kier molecular flexibility index (Phi) is 3.41. The monoisotopic (exact) mass is 249 g/mol. The number of hydrogen-bond acceptors (Lipinski definition) is 3. The van der Waals surface area contributed by atoms with E-state index in [0.29, 0.717) is 0 Å². The Bertz CT molecular complexity index is 578. The quantitative estimate of drug-likeness (QED) is 0.762. The van der Waals surface area contributed by atoms with E-state index in [1.54, 1.807) is 28.8 Å². The first-order valence-electron chi connectivity index (χ1n) is 5.44. The van der Waals surface area contributed by atoms with Gasteiger partial charge in [0.2, 0.25) is 0 Å². The fraction of sp³-hybridized carbons (Fsp3) is 0.231. The number of pyridine rings is 1. The molecule has 0 aliphatic rings. The second-order valence-electron chi connectivity index (χ2n) is 3.92. The summed E-state index contributed by atoms with van der Waals surface area (Å²) < 4.78 is 20.4. The van der Waals surface area contributed by atoms with Gasteiger partial charge in [-0.05, 0) is 31.2 Å². The molecule has 94 valence electrons. The van der Waals surface area contributed by atoms with E-state index in [0.717, 1.165) is 5.52 Å². The minimum absolute atomic E-state index is 0.0917. The molecule has 5 heteroatoms. The van der Waals surface area contributed by atoms with Crippen LogP contribution in [-0.4, -0.2) is 22.8 Å². The first kappa shape index (κ1) is 12.3. The fourth-order valence-electron chi connectivity index (χ4n) is 1.89. The Hall–Kier alpha value is -2.17. The number of hydrogen-bond donors (Lipinski definition) is 0. The molecule has 2 rings (SSSR count). The molecule has 18 heavy (non-hydrogen) atoms. The molecule has 2 unspecified atom stereocenters. The SMILES string of the molecule is CC(=O)C(OC=O)C(F)c1ccc2ccccn12. The van der Waals surface area contributed by atoms with Gasteiger partial charge in [0.15, 0.2) is 18.1 Å². The number of rotatable bonds is 5. The molecule has 0 radical (unpaired) electrons. The lowest BCUT2D eigenvalue weighted by molar-refractivity contribution is -0.147. The van der Waals surface area contributed by atoms with Crippen molar-refractivity contribution >= 4 is 17.8 Å². The summed E-state index contributed by atoms with van der Waals surface area (Å²) in [4.78, 5) is 21.6. The molecule has 2 aromatic rings. The Balaban J connectivity index is 2.40. The number of alkyl halides is 1. The Morgan fingerprint density at radius 1 is 1.39 bits per heavy atom. The van der Waals surface area contributed by atoms with Gasteiger partial charge in [0.25, 0.3) is 6.47 Å². The molecule has 2 heterocycles. The lowest BCUT2D eigenvalue weighted by Crippen LogP contribution is -2.27. The van der Waals surface area contributed by atoms with E-state index in [1.807, 2.05) is 12.1 Å². The summed E-state index contributed by atoms with van der Waals surface area (Å²) >= 11 is 0. The summed E-state index contributed by atoms with van der Waals surface area (Å²) in [6.07, 6.45) is -1.39. The zero-order chi connectivity index (χ0) is 13.1. The molecule has 2 aromatic heterocycles. The lowest BCUT2D eigenvalue weighted by atomic mass is 10.1. The minimum Gasteiger partial charge on any atom is -0.453 e. The maximum atomic E-state index is 14.3. The molecule has 0 bridgehead atoms. The number of Topliss-reactive ketones (excluding diaryl/α,β-unsaturated/α-hetero) is 1. The maximum Gasteiger partial charge on any atom is 0.293 e. The van der Waals surface area contributed by atoms with Gasteiger partial charge in [0, 0.05) is 11.7 Å². The van der Waals surface area contributed by atoms with Crippen LogP contribution in [0.5, 0.6) is 0 Å². The summed E-state index contributed by atoms with van der Waals surface area (Å²) in [6.45, 7) is 1.28. The van der Waals surface area contributed by atoms with Crippen LogP contribution in [0, 0.1) is 0 Å². The van der Waals surface area contributed by atoms with Gasteiger partial charge in [-0.15, -0.1) is 0 Å². The minimum atomic E-state index is -1.68. The molecule has 0 spiro atoms. The fourth-order valence-corrected chi connectivity index (χ4v) is 1.89. The van der Waals surface area contributed by atoms with Crippen molar-refractivity contribution in [3.63, 3.8) is 0 Å². The average molecular weight is 249 g/mol. The average Bonchev–Trinajstić information content (AvgIpc) is 2.78.